The second kappa shape index (κ2) is 5.82. The Kier molecular flexibility index (Phi) is 6.08. The predicted molar refractivity (Wildman–Crippen MR) is 77.7 cm³/mol. The SMILES string of the molecule is CN(C)CCCN(C(C)(C)C)C(C)(C)I. The largest absolute Gasteiger partial charge is 0.309 e. The van der Waals surface area contributed by atoms with Crippen molar-refractivity contribution in [2.75, 3.05) is 27.2 Å². The average molecular weight is 326 g/mol. The molecule has 0 saturated carbocycles. The van der Waals surface area contributed by atoms with Crippen molar-refractivity contribution in [3.05, 3.63) is 0 Å². The van der Waals surface area contributed by atoms with Gasteiger partial charge in [-0.1, -0.05) is 22.6 Å². The van der Waals surface area contributed by atoms with Crippen molar-refractivity contribution in [3.8, 4) is 0 Å². The van der Waals surface area contributed by atoms with Crippen LogP contribution < -0.4 is 0 Å². The highest BCUT2D eigenvalue weighted by Crippen LogP contribution is 2.30. The molecule has 0 aromatic rings. The molecule has 15 heavy (non-hydrogen) atoms. The van der Waals surface area contributed by atoms with Gasteiger partial charge >= 0.3 is 0 Å². The predicted octanol–water partition coefficient (Wildman–Crippen LogP) is 3.21. The van der Waals surface area contributed by atoms with Gasteiger partial charge in [0.1, 0.15) is 0 Å². The van der Waals surface area contributed by atoms with Crippen LogP contribution in [0, 0.1) is 0 Å². The zero-order valence-electron chi connectivity index (χ0n) is 11.4. The smallest absolute Gasteiger partial charge is 0.0677 e. The van der Waals surface area contributed by atoms with Crippen LogP contribution in [0.25, 0.3) is 0 Å². The lowest BCUT2D eigenvalue weighted by molar-refractivity contribution is 0.0857. The second-order valence-electron chi connectivity index (χ2n) is 5.89. The van der Waals surface area contributed by atoms with Gasteiger partial charge < -0.3 is 4.90 Å². The van der Waals surface area contributed by atoms with Crippen LogP contribution >= 0.6 is 22.6 Å². The van der Waals surface area contributed by atoms with E-state index in [0.717, 1.165) is 6.54 Å². The molecule has 0 aliphatic carbocycles. The summed E-state index contributed by atoms with van der Waals surface area (Å²) in [6, 6.07) is 0. The van der Waals surface area contributed by atoms with E-state index in [1.54, 1.807) is 0 Å². The van der Waals surface area contributed by atoms with Crippen molar-refractivity contribution in [2.24, 2.45) is 0 Å². The molecule has 2 nitrogen and oxygen atoms in total. The minimum absolute atomic E-state index is 0.225. The number of alkyl halides is 1. The number of hydrogen-bond acceptors (Lipinski definition) is 2. The van der Waals surface area contributed by atoms with Gasteiger partial charge in [0.25, 0.3) is 0 Å². The summed E-state index contributed by atoms with van der Waals surface area (Å²) < 4.78 is 0.225. The van der Waals surface area contributed by atoms with Gasteiger partial charge in [-0.3, -0.25) is 4.90 Å². The zero-order valence-corrected chi connectivity index (χ0v) is 13.6. The van der Waals surface area contributed by atoms with Crippen molar-refractivity contribution in [1.82, 2.24) is 9.80 Å². The van der Waals surface area contributed by atoms with Crippen molar-refractivity contribution in [2.45, 2.75) is 50.1 Å². The summed E-state index contributed by atoms with van der Waals surface area (Å²) in [5, 5.41) is 0. The second-order valence-corrected chi connectivity index (χ2v) is 8.53. The van der Waals surface area contributed by atoms with Crippen LogP contribution in [0.4, 0.5) is 0 Å². The molecule has 92 valence electrons. The summed E-state index contributed by atoms with van der Waals surface area (Å²) in [6.45, 7) is 13.8. The Balaban J connectivity index is 4.29. The molecule has 0 heterocycles. The summed E-state index contributed by atoms with van der Waals surface area (Å²) in [4.78, 5) is 4.82. The van der Waals surface area contributed by atoms with Gasteiger partial charge in [0.2, 0.25) is 0 Å². The molecule has 0 rings (SSSR count). The van der Waals surface area contributed by atoms with Crippen LogP contribution in [-0.2, 0) is 0 Å². The van der Waals surface area contributed by atoms with Crippen LogP contribution in [0.3, 0.4) is 0 Å². The number of rotatable bonds is 5. The topological polar surface area (TPSA) is 6.48 Å². The van der Waals surface area contributed by atoms with E-state index in [0.29, 0.717) is 0 Å². The average Bonchev–Trinajstić information content (AvgIpc) is 1.92. The highest BCUT2D eigenvalue weighted by Gasteiger charge is 2.31. The molecule has 3 heteroatoms. The summed E-state index contributed by atoms with van der Waals surface area (Å²) in [7, 11) is 4.27. The van der Waals surface area contributed by atoms with Crippen molar-refractivity contribution < 1.29 is 0 Å². The summed E-state index contributed by atoms with van der Waals surface area (Å²) in [5.74, 6) is 0. The first-order valence-corrected chi connectivity index (χ1v) is 6.74. The molecule has 0 aromatic carbocycles. The van der Waals surface area contributed by atoms with Gasteiger partial charge in [-0.15, -0.1) is 0 Å². The van der Waals surface area contributed by atoms with Gasteiger partial charge in [-0.2, -0.15) is 0 Å². The minimum Gasteiger partial charge on any atom is -0.309 e. The Bertz CT molecular complexity index is 163. The molecule has 0 N–H and O–H groups in total. The maximum Gasteiger partial charge on any atom is 0.0677 e. The molecular formula is C12H27IN2. The van der Waals surface area contributed by atoms with Gasteiger partial charge in [0.15, 0.2) is 0 Å². The fraction of sp³-hybridized carbons (Fsp3) is 1.00. The molecule has 0 fully saturated rings. The first kappa shape index (κ1) is 15.7. The Hall–Kier alpha value is 0.650. The van der Waals surface area contributed by atoms with Gasteiger partial charge in [0, 0.05) is 12.1 Å². The van der Waals surface area contributed by atoms with E-state index in [9.17, 15) is 0 Å². The monoisotopic (exact) mass is 326 g/mol. The van der Waals surface area contributed by atoms with Crippen LogP contribution in [0.15, 0.2) is 0 Å². The summed E-state index contributed by atoms with van der Waals surface area (Å²) in [6.07, 6.45) is 1.23. The van der Waals surface area contributed by atoms with Gasteiger partial charge in [-0.25, -0.2) is 0 Å². The molecule has 0 unspecified atom stereocenters. The Morgan fingerprint density at radius 1 is 0.933 bits per heavy atom. The fourth-order valence-electron chi connectivity index (χ4n) is 1.94. The first-order valence-electron chi connectivity index (χ1n) is 5.66. The highest BCUT2D eigenvalue weighted by molar-refractivity contribution is 14.1. The van der Waals surface area contributed by atoms with Crippen LogP contribution in [0.2, 0.25) is 0 Å². The minimum atomic E-state index is 0.225. The molecule has 0 spiro atoms. The molecule has 0 bridgehead atoms. The lowest BCUT2D eigenvalue weighted by Crippen LogP contribution is -2.51. The number of nitrogens with zero attached hydrogens (tertiary/aromatic N) is 2. The van der Waals surface area contributed by atoms with Crippen molar-refractivity contribution >= 4 is 22.6 Å². The molecule has 0 aliphatic heterocycles. The third-order valence-electron chi connectivity index (χ3n) is 2.44. The van der Waals surface area contributed by atoms with E-state index in [-0.39, 0.29) is 9.08 Å². The van der Waals surface area contributed by atoms with Gasteiger partial charge in [0.05, 0.1) is 3.55 Å². The van der Waals surface area contributed by atoms with E-state index >= 15 is 0 Å². The Labute approximate surface area is 110 Å². The third-order valence-corrected chi connectivity index (χ3v) is 3.02. The van der Waals surface area contributed by atoms with Crippen LogP contribution in [0.1, 0.15) is 41.0 Å². The third kappa shape index (κ3) is 6.74. The fourth-order valence-corrected chi connectivity index (χ4v) is 2.91. The van der Waals surface area contributed by atoms with E-state index in [4.69, 9.17) is 0 Å². The molecular weight excluding hydrogens is 299 g/mol. The Morgan fingerprint density at radius 3 is 1.67 bits per heavy atom. The summed E-state index contributed by atoms with van der Waals surface area (Å²) >= 11 is 2.53. The maximum absolute atomic E-state index is 2.57. The van der Waals surface area contributed by atoms with Crippen LogP contribution in [-0.4, -0.2) is 46.1 Å². The standard InChI is InChI=1S/C12H27IN2/c1-11(2,3)15(12(4,5)13)10-8-9-14(6)7/h8-10H2,1-7H3. The van der Waals surface area contributed by atoms with Gasteiger partial charge in [-0.05, 0) is 61.7 Å². The Morgan fingerprint density at radius 2 is 1.40 bits per heavy atom. The quantitative estimate of drug-likeness (QED) is 0.435. The lowest BCUT2D eigenvalue weighted by Gasteiger charge is -2.44. The molecule has 0 aliphatic rings. The highest BCUT2D eigenvalue weighted by atomic mass is 127. The molecule has 0 amide bonds. The number of hydrogen-bond donors (Lipinski definition) is 0. The summed E-state index contributed by atoms with van der Waals surface area (Å²) in [5.41, 5.74) is 0.247. The molecule has 0 radical (unpaired) electrons. The van der Waals surface area contributed by atoms with Crippen molar-refractivity contribution in [3.63, 3.8) is 0 Å². The molecule has 0 atom stereocenters. The zero-order chi connectivity index (χ0) is 12.3. The number of halogens is 1. The molecule has 0 saturated heterocycles. The van der Waals surface area contributed by atoms with Crippen molar-refractivity contribution in [1.29, 1.82) is 0 Å². The maximum atomic E-state index is 2.57. The normalized spacial score (nSPS) is 14.0. The molecule has 0 aromatic heterocycles. The van der Waals surface area contributed by atoms with E-state index in [2.05, 4.69) is 81.1 Å². The van der Waals surface area contributed by atoms with E-state index in [1.807, 2.05) is 0 Å². The lowest BCUT2D eigenvalue weighted by atomic mass is 10.0. The van der Waals surface area contributed by atoms with Crippen LogP contribution in [0.5, 0.6) is 0 Å². The first-order chi connectivity index (χ1) is 6.55. The van der Waals surface area contributed by atoms with E-state index in [1.165, 1.54) is 13.0 Å². The van der Waals surface area contributed by atoms with E-state index < -0.39 is 0 Å².